The van der Waals surface area contributed by atoms with E-state index in [-0.39, 0.29) is 36.8 Å². The van der Waals surface area contributed by atoms with Crippen molar-refractivity contribution in [3.63, 3.8) is 0 Å². The largest absolute Gasteiger partial charge is 0.365 e. The molecule has 0 unspecified atom stereocenters. The van der Waals surface area contributed by atoms with Gasteiger partial charge >= 0.3 is 0 Å². The van der Waals surface area contributed by atoms with Gasteiger partial charge < -0.3 is 4.90 Å². The highest BCUT2D eigenvalue weighted by molar-refractivity contribution is 7.89. The highest BCUT2D eigenvalue weighted by Crippen LogP contribution is 2.32. The monoisotopic (exact) mass is 434 g/mol. The van der Waals surface area contributed by atoms with E-state index in [2.05, 4.69) is 0 Å². The highest BCUT2D eigenvalue weighted by atomic mass is 32.2. The first kappa shape index (κ1) is 22.5. The van der Waals surface area contributed by atoms with E-state index in [9.17, 15) is 26.9 Å². The number of nitrogens with zero attached hydrogens (tertiary/aromatic N) is 4. The Balaban J connectivity index is 2.40. The van der Waals surface area contributed by atoms with Gasteiger partial charge in [-0.25, -0.2) is 21.1 Å². The van der Waals surface area contributed by atoms with E-state index in [0.29, 0.717) is 25.2 Å². The topological polar surface area (TPSA) is 121 Å². The molecule has 0 saturated carbocycles. The van der Waals surface area contributed by atoms with Gasteiger partial charge in [0.1, 0.15) is 5.69 Å². The smallest absolute Gasteiger partial charge is 0.293 e. The fourth-order valence-corrected chi connectivity index (χ4v) is 5.61. The van der Waals surface area contributed by atoms with Crippen molar-refractivity contribution in [2.75, 3.05) is 50.4 Å². The number of nitro benzene ring substituents is 1. The van der Waals surface area contributed by atoms with Gasteiger partial charge in [0.05, 0.1) is 16.1 Å². The minimum Gasteiger partial charge on any atom is -0.365 e. The predicted molar refractivity (Wildman–Crippen MR) is 106 cm³/mol. The number of sulfonamides is 2. The molecule has 0 bridgehead atoms. The Morgan fingerprint density at radius 3 is 2.25 bits per heavy atom. The molecule has 0 amide bonds. The third-order valence-corrected chi connectivity index (χ3v) is 8.10. The molecule has 0 radical (unpaired) electrons. The van der Waals surface area contributed by atoms with Crippen molar-refractivity contribution in [1.82, 2.24) is 8.61 Å². The Morgan fingerprint density at radius 1 is 1.07 bits per heavy atom. The van der Waals surface area contributed by atoms with Gasteiger partial charge in [-0.15, -0.1) is 0 Å². The van der Waals surface area contributed by atoms with E-state index in [1.54, 1.807) is 18.7 Å². The molecule has 158 valence electrons. The molecule has 1 aromatic carbocycles. The number of rotatable bonds is 7. The van der Waals surface area contributed by atoms with E-state index < -0.39 is 25.0 Å². The van der Waals surface area contributed by atoms with E-state index in [0.717, 1.165) is 12.3 Å². The second-order valence-corrected chi connectivity index (χ2v) is 10.4. The third-order valence-electron chi connectivity index (χ3n) is 4.75. The maximum absolute atomic E-state index is 12.7. The lowest BCUT2D eigenvalue weighted by atomic mass is 10.2. The van der Waals surface area contributed by atoms with Crippen LogP contribution in [-0.4, -0.2) is 75.9 Å². The SMILES string of the molecule is CCN(CC)S(=O)(=O)c1ccc(N2CCCN(S(C)(=O)=O)CC2)c([N+](=O)[O-])c1. The molecule has 0 aliphatic carbocycles. The van der Waals surface area contributed by atoms with Crippen molar-refractivity contribution in [1.29, 1.82) is 0 Å². The van der Waals surface area contributed by atoms with Gasteiger partial charge in [-0.05, 0) is 18.6 Å². The van der Waals surface area contributed by atoms with Crippen molar-refractivity contribution in [2.45, 2.75) is 25.2 Å². The quantitative estimate of drug-likeness (QED) is 0.465. The van der Waals surface area contributed by atoms with E-state index in [4.69, 9.17) is 0 Å². The van der Waals surface area contributed by atoms with Gasteiger partial charge in [0.15, 0.2) is 0 Å². The van der Waals surface area contributed by atoms with Crippen LogP contribution in [0, 0.1) is 10.1 Å². The van der Waals surface area contributed by atoms with E-state index in [1.807, 2.05) is 0 Å². The Bertz CT molecular complexity index is 928. The molecular formula is C16H26N4O6S2. The summed E-state index contributed by atoms with van der Waals surface area (Å²) in [6.45, 7) is 5.23. The summed E-state index contributed by atoms with van der Waals surface area (Å²) in [6, 6.07) is 3.89. The first-order chi connectivity index (χ1) is 13.0. The van der Waals surface area contributed by atoms with Crippen molar-refractivity contribution < 1.29 is 21.8 Å². The lowest BCUT2D eigenvalue weighted by Crippen LogP contribution is -2.34. The maximum Gasteiger partial charge on any atom is 0.293 e. The normalized spacial score (nSPS) is 16.9. The summed E-state index contributed by atoms with van der Waals surface area (Å²) in [5, 5.41) is 11.6. The Hall–Kier alpha value is -1.76. The zero-order valence-electron chi connectivity index (χ0n) is 16.2. The van der Waals surface area contributed by atoms with Crippen LogP contribution in [0.3, 0.4) is 0 Å². The van der Waals surface area contributed by atoms with Gasteiger partial charge in [0.2, 0.25) is 20.0 Å². The minimum absolute atomic E-state index is 0.126. The minimum atomic E-state index is -3.82. The van der Waals surface area contributed by atoms with Crippen molar-refractivity contribution in [2.24, 2.45) is 0 Å². The average Bonchev–Trinajstić information content (AvgIpc) is 2.88. The molecular weight excluding hydrogens is 408 g/mol. The average molecular weight is 435 g/mol. The van der Waals surface area contributed by atoms with Crippen LogP contribution in [0.15, 0.2) is 23.1 Å². The predicted octanol–water partition coefficient (Wildman–Crippen LogP) is 1.10. The van der Waals surface area contributed by atoms with Crippen molar-refractivity contribution in [3.8, 4) is 0 Å². The molecule has 1 fully saturated rings. The van der Waals surface area contributed by atoms with Crippen LogP contribution in [0.2, 0.25) is 0 Å². The zero-order chi connectivity index (χ0) is 21.1. The molecule has 1 heterocycles. The van der Waals surface area contributed by atoms with Crippen LogP contribution < -0.4 is 4.90 Å². The molecule has 1 aromatic rings. The van der Waals surface area contributed by atoms with Crippen LogP contribution in [0.5, 0.6) is 0 Å². The second kappa shape index (κ2) is 8.72. The van der Waals surface area contributed by atoms with Crippen LogP contribution in [0.4, 0.5) is 11.4 Å². The molecule has 2 rings (SSSR count). The number of hydrogen-bond acceptors (Lipinski definition) is 7. The first-order valence-corrected chi connectivity index (χ1v) is 12.3. The van der Waals surface area contributed by atoms with Crippen molar-refractivity contribution >= 4 is 31.4 Å². The standard InChI is InChI=1S/C16H26N4O6S2/c1-4-18(5-2)28(25,26)14-7-8-15(16(13-14)20(21)22)17-9-6-10-19(12-11-17)27(3,23)24/h7-8,13H,4-6,9-12H2,1-3H3. The molecule has 0 N–H and O–H groups in total. The summed E-state index contributed by atoms with van der Waals surface area (Å²) in [6.07, 6.45) is 1.65. The zero-order valence-corrected chi connectivity index (χ0v) is 17.9. The van der Waals surface area contributed by atoms with Gasteiger partial charge in [-0.3, -0.25) is 10.1 Å². The van der Waals surface area contributed by atoms with Crippen LogP contribution >= 0.6 is 0 Å². The number of nitro groups is 1. The lowest BCUT2D eigenvalue weighted by molar-refractivity contribution is -0.384. The number of benzene rings is 1. The van der Waals surface area contributed by atoms with Gasteiger partial charge in [-0.2, -0.15) is 4.31 Å². The summed E-state index contributed by atoms with van der Waals surface area (Å²) < 4.78 is 51.5. The first-order valence-electron chi connectivity index (χ1n) is 9.01. The lowest BCUT2D eigenvalue weighted by Gasteiger charge is -2.24. The highest BCUT2D eigenvalue weighted by Gasteiger charge is 2.29. The summed E-state index contributed by atoms with van der Waals surface area (Å²) in [4.78, 5) is 12.6. The summed E-state index contributed by atoms with van der Waals surface area (Å²) in [5.74, 6) is 0. The Labute approximate surface area is 166 Å². The molecule has 1 aliphatic rings. The molecule has 12 heteroatoms. The van der Waals surface area contributed by atoms with Gasteiger partial charge in [-0.1, -0.05) is 13.8 Å². The third kappa shape index (κ3) is 4.80. The molecule has 0 atom stereocenters. The Morgan fingerprint density at radius 2 is 1.71 bits per heavy atom. The molecule has 1 aliphatic heterocycles. The van der Waals surface area contributed by atoms with Gasteiger partial charge in [0, 0.05) is 45.3 Å². The van der Waals surface area contributed by atoms with Crippen LogP contribution in [-0.2, 0) is 20.0 Å². The summed E-state index contributed by atoms with van der Waals surface area (Å²) >= 11 is 0. The second-order valence-electron chi connectivity index (χ2n) is 6.50. The van der Waals surface area contributed by atoms with Gasteiger partial charge in [0.25, 0.3) is 5.69 Å². The maximum atomic E-state index is 12.7. The van der Waals surface area contributed by atoms with E-state index in [1.165, 1.54) is 20.7 Å². The number of anilines is 1. The summed E-state index contributed by atoms with van der Waals surface area (Å²) in [7, 11) is -7.15. The fourth-order valence-electron chi connectivity index (χ4n) is 3.26. The van der Waals surface area contributed by atoms with Crippen molar-refractivity contribution in [3.05, 3.63) is 28.3 Å². The molecule has 28 heavy (non-hydrogen) atoms. The number of hydrogen-bond donors (Lipinski definition) is 0. The van der Waals surface area contributed by atoms with E-state index >= 15 is 0 Å². The molecule has 0 aromatic heterocycles. The van der Waals surface area contributed by atoms with Crippen LogP contribution in [0.25, 0.3) is 0 Å². The molecule has 1 saturated heterocycles. The molecule has 10 nitrogen and oxygen atoms in total. The molecule has 0 spiro atoms. The Kier molecular flexibility index (Phi) is 7.02. The van der Waals surface area contributed by atoms with Crippen LogP contribution in [0.1, 0.15) is 20.3 Å². The summed E-state index contributed by atoms with van der Waals surface area (Å²) in [5.41, 5.74) is -0.0140. The fraction of sp³-hybridized carbons (Fsp3) is 0.625.